The Morgan fingerprint density at radius 2 is 1.96 bits per heavy atom. The summed E-state index contributed by atoms with van der Waals surface area (Å²) in [6.07, 6.45) is 16.6. The Labute approximate surface area is 152 Å². The molecule has 3 heteroatoms. The predicted molar refractivity (Wildman–Crippen MR) is 102 cm³/mol. The summed E-state index contributed by atoms with van der Waals surface area (Å²) in [6.45, 7) is 11.6. The van der Waals surface area contributed by atoms with Crippen molar-refractivity contribution in [2.75, 3.05) is 13.2 Å². The molecule has 1 aliphatic heterocycles. The average molecular weight is 342 g/mol. The fourth-order valence-corrected chi connectivity index (χ4v) is 3.68. The van der Waals surface area contributed by atoms with Gasteiger partial charge in [0.15, 0.2) is 5.79 Å². The molecule has 0 amide bonds. The molecule has 2 rings (SSSR count). The van der Waals surface area contributed by atoms with E-state index in [0.717, 1.165) is 18.4 Å². The van der Waals surface area contributed by atoms with E-state index in [4.69, 9.17) is 15.9 Å². The number of ether oxygens (including phenoxy) is 2. The van der Waals surface area contributed by atoms with Gasteiger partial charge in [0.2, 0.25) is 0 Å². The van der Waals surface area contributed by atoms with Gasteiger partial charge in [-0.05, 0) is 37.8 Å². The Morgan fingerprint density at radius 1 is 1.32 bits per heavy atom. The Balaban J connectivity index is 2.15. The van der Waals surface area contributed by atoms with Gasteiger partial charge in [0.05, 0.1) is 13.2 Å². The number of aliphatic hydroxyl groups is 1. The van der Waals surface area contributed by atoms with E-state index in [1.54, 1.807) is 19.1 Å². The molecule has 1 saturated heterocycles. The second kappa shape index (κ2) is 7.33. The normalized spacial score (nSPS) is 25.7. The van der Waals surface area contributed by atoms with Crippen LogP contribution in [0.5, 0.6) is 0 Å². The van der Waals surface area contributed by atoms with Gasteiger partial charge < -0.3 is 14.6 Å². The van der Waals surface area contributed by atoms with Crippen LogP contribution in [-0.4, -0.2) is 29.7 Å². The zero-order valence-electron chi connectivity index (χ0n) is 16.1. The summed E-state index contributed by atoms with van der Waals surface area (Å²) in [5, 5.41) is 9.77. The molecule has 0 radical (unpaired) electrons. The average Bonchev–Trinajstić information content (AvgIpc) is 2.92. The van der Waals surface area contributed by atoms with Gasteiger partial charge in [0.1, 0.15) is 5.60 Å². The molecule has 0 aromatic rings. The molecule has 0 bridgehead atoms. The fourth-order valence-electron chi connectivity index (χ4n) is 3.68. The third kappa shape index (κ3) is 4.95. The monoisotopic (exact) mass is 342 g/mol. The first kappa shape index (κ1) is 19.7. The molecular weight excluding hydrogens is 312 g/mol. The Kier molecular flexibility index (Phi) is 5.79. The lowest BCUT2D eigenvalue weighted by Gasteiger charge is -2.42. The third-order valence-electron chi connectivity index (χ3n) is 4.83. The van der Waals surface area contributed by atoms with Gasteiger partial charge in [0, 0.05) is 12.8 Å². The maximum absolute atomic E-state index is 9.77. The van der Waals surface area contributed by atoms with E-state index < -0.39 is 11.4 Å². The molecule has 1 N–H and O–H groups in total. The van der Waals surface area contributed by atoms with E-state index in [9.17, 15) is 5.11 Å². The van der Waals surface area contributed by atoms with Crippen LogP contribution >= 0.6 is 0 Å². The van der Waals surface area contributed by atoms with E-state index in [0.29, 0.717) is 13.2 Å². The first-order chi connectivity index (χ1) is 11.6. The molecule has 1 spiro atoms. The van der Waals surface area contributed by atoms with Gasteiger partial charge >= 0.3 is 0 Å². The highest BCUT2D eigenvalue weighted by Crippen LogP contribution is 2.48. The first-order valence-electron chi connectivity index (χ1n) is 8.82. The van der Waals surface area contributed by atoms with Gasteiger partial charge in [-0.15, -0.1) is 6.42 Å². The number of hydrogen-bond acceptors (Lipinski definition) is 3. The molecule has 0 aromatic heterocycles. The van der Waals surface area contributed by atoms with Crippen molar-refractivity contribution in [3.8, 4) is 12.3 Å². The topological polar surface area (TPSA) is 38.7 Å². The van der Waals surface area contributed by atoms with Crippen molar-refractivity contribution in [1.82, 2.24) is 0 Å². The minimum absolute atomic E-state index is 0.00751. The summed E-state index contributed by atoms with van der Waals surface area (Å²) < 4.78 is 11.8. The molecular formula is C22H30O3. The smallest absolute Gasteiger partial charge is 0.173 e. The third-order valence-corrected chi connectivity index (χ3v) is 4.83. The van der Waals surface area contributed by atoms with Crippen molar-refractivity contribution in [2.24, 2.45) is 5.41 Å². The SMILES string of the molecule is C#CC(C)(O)C=CC=C(C)C=CC1=C(C)CC2(CC1(C)C)OCCO2. The van der Waals surface area contributed by atoms with Crippen LogP contribution in [-0.2, 0) is 9.47 Å². The molecule has 136 valence electrons. The zero-order chi connectivity index (χ0) is 18.7. The van der Waals surface area contributed by atoms with Crippen molar-refractivity contribution in [3.05, 3.63) is 47.1 Å². The number of allylic oxidation sites excluding steroid dienone is 6. The zero-order valence-corrected chi connectivity index (χ0v) is 16.1. The van der Waals surface area contributed by atoms with Crippen molar-refractivity contribution < 1.29 is 14.6 Å². The minimum Gasteiger partial charge on any atom is -0.374 e. The van der Waals surface area contributed by atoms with E-state index in [2.05, 4.69) is 38.8 Å². The van der Waals surface area contributed by atoms with Crippen molar-refractivity contribution in [3.63, 3.8) is 0 Å². The molecule has 0 aromatic carbocycles. The van der Waals surface area contributed by atoms with Gasteiger partial charge in [0.25, 0.3) is 0 Å². The van der Waals surface area contributed by atoms with Crippen LogP contribution in [0.15, 0.2) is 47.1 Å². The van der Waals surface area contributed by atoms with E-state index in [-0.39, 0.29) is 5.41 Å². The highest BCUT2D eigenvalue weighted by atomic mass is 16.7. The molecule has 1 aliphatic carbocycles. The van der Waals surface area contributed by atoms with Crippen LogP contribution in [0.4, 0.5) is 0 Å². The van der Waals surface area contributed by atoms with Crippen LogP contribution in [0.25, 0.3) is 0 Å². The summed E-state index contributed by atoms with van der Waals surface area (Å²) in [5.41, 5.74) is 2.53. The van der Waals surface area contributed by atoms with Crippen LogP contribution < -0.4 is 0 Å². The molecule has 2 aliphatic rings. The molecule has 25 heavy (non-hydrogen) atoms. The molecule has 3 nitrogen and oxygen atoms in total. The summed E-state index contributed by atoms with van der Waals surface area (Å²) in [5.74, 6) is 1.90. The Morgan fingerprint density at radius 3 is 2.52 bits per heavy atom. The van der Waals surface area contributed by atoms with Gasteiger partial charge in [-0.1, -0.05) is 55.2 Å². The second-order valence-corrected chi connectivity index (χ2v) is 7.93. The summed E-state index contributed by atoms with van der Waals surface area (Å²) in [4.78, 5) is 0. The van der Waals surface area contributed by atoms with E-state index in [1.807, 2.05) is 13.0 Å². The maximum atomic E-state index is 9.77. The van der Waals surface area contributed by atoms with Gasteiger partial charge in [-0.3, -0.25) is 0 Å². The number of terminal acetylenes is 1. The maximum Gasteiger partial charge on any atom is 0.173 e. The summed E-state index contributed by atoms with van der Waals surface area (Å²) in [7, 11) is 0. The minimum atomic E-state index is -1.21. The second-order valence-electron chi connectivity index (χ2n) is 7.93. The van der Waals surface area contributed by atoms with Crippen LogP contribution in [0.2, 0.25) is 0 Å². The van der Waals surface area contributed by atoms with Crippen molar-refractivity contribution in [2.45, 2.75) is 58.8 Å². The van der Waals surface area contributed by atoms with Gasteiger partial charge in [-0.2, -0.15) is 0 Å². The quantitative estimate of drug-likeness (QED) is 0.611. The van der Waals surface area contributed by atoms with Crippen LogP contribution in [0.3, 0.4) is 0 Å². The van der Waals surface area contributed by atoms with Crippen LogP contribution in [0.1, 0.15) is 47.5 Å². The Bertz CT molecular complexity index is 660. The molecule has 1 heterocycles. The lowest BCUT2D eigenvalue weighted by molar-refractivity contribution is -0.178. The fraction of sp³-hybridized carbons (Fsp3) is 0.545. The van der Waals surface area contributed by atoms with Gasteiger partial charge in [-0.25, -0.2) is 0 Å². The first-order valence-corrected chi connectivity index (χ1v) is 8.82. The van der Waals surface area contributed by atoms with E-state index >= 15 is 0 Å². The highest BCUT2D eigenvalue weighted by molar-refractivity contribution is 5.38. The van der Waals surface area contributed by atoms with Crippen molar-refractivity contribution >= 4 is 0 Å². The summed E-state index contributed by atoms with van der Waals surface area (Å²) >= 11 is 0. The van der Waals surface area contributed by atoms with Crippen molar-refractivity contribution in [1.29, 1.82) is 0 Å². The lowest BCUT2D eigenvalue weighted by atomic mass is 9.70. The summed E-state index contributed by atoms with van der Waals surface area (Å²) in [6, 6.07) is 0. The number of rotatable bonds is 4. The number of hydrogen-bond donors (Lipinski definition) is 1. The van der Waals surface area contributed by atoms with Crippen LogP contribution in [0, 0.1) is 17.8 Å². The molecule has 1 fully saturated rings. The largest absolute Gasteiger partial charge is 0.374 e. The Hall–Kier alpha value is -1.60. The highest BCUT2D eigenvalue weighted by Gasteiger charge is 2.46. The molecule has 1 unspecified atom stereocenters. The predicted octanol–water partition coefficient (Wildman–Crippen LogP) is 4.31. The van der Waals surface area contributed by atoms with E-state index in [1.165, 1.54) is 11.1 Å². The molecule has 1 atom stereocenters. The molecule has 0 saturated carbocycles. The standard InChI is InChI=1S/C22H30O3/c1-7-21(6,23)12-8-9-17(2)10-11-19-18(3)15-22(16-20(19,4)5)24-13-14-25-22/h1,8-12,23H,13-16H2,2-6H3. The lowest BCUT2D eigenvalue weighted by Crippen LogP contribution is -2.40.